The lowest BCUT2D eigenvalue weighted by Gasteiger charge is -2.06. The van der Waals surface area contributed by atoms with E-state index in [1.165, 1.54) is 20.9 Å². The van der Waals surface area contributed by atoms with E-state index in [1.807, 2.05) is 39.4 Å². The van der Waals surface area contributed by atoms with Crippen LogP contribution in [-0.2, 0) is 0 Å². The topological polar surface area (TPSA) is 0 Å². The summed E-state index contributed by atoms with van der Waals surface area (Å²) in [4.78, 5) is 2.74. The van der Waals surface area contributed by atoms with Gasteiger partial charge in [-0.2, -0.15) is 0 Å². The van der Waals surface area contributed by atoms with E-state index in [1.54, 1.807) is 0 Å². The maximum absolute atomic E-state index is 2.18. The summed E-state index contributed by atoms with van der Waals surface area (Å²) in [5, 5.41) is 0. The van der Waals surface area contributed by atoms with Crippen LogP contribution in [0.2, 0.25) is 0 Å². The van der Waals surface area contributed by atoms with Gasteiger partial charge in [0.2, 0.25) is 0 Å². The SMILES string of the molecule is c1ccc(-c2ssssc2-c2ccccc2)cc1. The Bertz CT molecular complexity index is 580. The van der Waals surface area contributed by atoms with Crippen LogP contribution in [0.4, 0.5) is 0 Å². The monoisotopic (exact) mass is 306 g/mol. The summed E-state index contributed by atoms with van der Waals surface area (Å²) in [5.74, 6) is 0. The molecule has 0 aliphatic rings. The van der Waals surface area contributed by atoms with E-state index in [-0.39, 0.29) is 0 Å². The van der Waals surface area contributed by atoms with Crippen LogP contribution in [0, 0.1) is 0 Å². The molecule has 0 N–H and O–H groups in total. The first-order valence-corrected chi connectivity index (χ1v) is 10.3. The fourth-order valence-electron chi connectivity index (χ4n) is 1.71. The van der Waals surface area contributed by atoms with Crippen molar-refractivity contribution in [3.05, 3.63) is 60.7 Å². The third-order valence-corrected chi connectivity index (χ3v) is 8.87. The molecule has 0 saturated heterocycles. The highest BCUT2D eigenvalue weighted by atomic mass is 33.4. The summed E-state index contributed by atoms with van der Waals surface area (Å²) in [6.07, 6.45) is 0. The van der Waals surface area contributed by atoms with Crippen molar-refractivity contribution in [3.8, 4) is 20.9 Å². The lowest BCUT2D eigenvalue weighted by molar-refractivity contribution is 1.67. The molecule has 0 spiro atoms. The second kappa shape index (κ2) is 5.80. The highest BCUT2D eigenvalue weighted by Gasteiger charge is 2.08. The van der Waals surface area contributed by atoms with Gasteiger partial charge in [0.05, 0.1) is 9.75 Å². The zero-order valence-corrected chi connectivity index (χ0v) is 12.7. The molecule has 0 saturated carbocycles. The minimum Gasteiger partial charge on any atom is -0.0669 e. The van der Waals surface area contributed by atoms with Crippen LogP contribution < -0.4 is 0 Å². The molecule has 3 rings (SSSR count). The van der Waals surface area contributed by atoms with E-state index in [2.05, 4.69) is 60.7 Å². The number of hydrogen-bond acceptors (Lipinski definition) is 4. The summed E-state index contributed by atoms with van der Waals surface area (Å²) in [6, 6.07) is 21.3. The third kappa shape index (κ3) is 2.57. The Morgan fingerprint density at radius 1 is 0.500 bits per heavy atom. The van der Waals surface area contributed by atoms with Crippen LogP contribution in [-0.4, -0.2) is 0 Å². The lowest BCUT2D eigenvalue weighted by atomic mass is 10.1. The lowest BCUT2D eigenvalue weighted by Crippen LogP contribution is -1.78. The Morgan fingerprint density at radius 3 is 1.28 bits per heavy atom. The van der Waals surface area contributed by atoms with Gasteiger partial charge in [0.25, 0.3) is 0 Å². The predicted molar refractivity (Wildman–Crippen MR) is 86.5 cm³/mol. The molecule has 0 radical (unpaired) electrons. The summed E-state index contributed by atoms with van der Waals surface area (Å²) >= 11 is 0. The standard InChI is InChI=1S/C14H10S4/c1-3-7-11(8-4-1)13-14(16-18-17-15-13)12-9-5-2-6-10-12/h1-10H. The first-order valence-electron chi connectivity index (χ1n) is 5.48. The van der Waals surface area contributed by atoms with Crippen LogP contribution in [0.5, 0.6) is 0 Å². The molecule has 0 aliphatic heterocycles. The highest BCUT2D eigenvalue weighted by Crippen LogP contribution is 2.42. The Kier molecular flexibility index (Phi) is 3.90. The highest BCUT2D eigenvalue weighted by molar-refractivity contribution is 8.08. The minimum atomic E-state index is 1.31. The van der Waals surface area contributed by atoms with Gasteiger partial charge < -0.3 is 0 Å². The van der Waals surface area contributed by atoms with Gasteiger partial charge >= 0.3 is 0 Å². The van der Waals surface area contributed by atoms with Gasteiger partial charge in [-0.05, 0) is 29.8 Å². The van der Waals surface area contributed by atoms with Crippen LogP contribution in [0.1, 0.15) is 0 Å². The maximum atomic E-state index is 2.18. The molecular formula is C14H10S4. The van der Waals surface area contributed by atoms with E-state index in [9.17, 15) is 0 Å². The van der Waals surface area contributed by atoms with Crippen molar-refractivity contribution in [1.29, 1.82) is 0 Å². The molecule has 0 nitrogen and oxygen atoms in total. The number of rotatable bonds is 2. The van der Waals surface area contributed by atoms with Crippen LogP contribution in [0.3, 0.4) is 0 Å². The molecule has 3 aromatic rings. The molecule has 0 amide bonds. The van der Waals surface area contributed by atoms with Gasteiger partial charge in [0.1, 0.15) is 0 Å². The van der Waals surface area contributed by atoms with Crippen LogP contribution in [0.15, 0.2) is 60.7 Å². The molecule has 0 atom stereocenters. The molecule has 0 unspecified atom stereocenters. The first kappa shape index (κ1) is 12.1. The summed E-state index contributed by atoms with van der Waals surface area (Å²) in [7, 11) is 7.38. The molecule has 2 aromatic carbocycles. The Morgan fingerprint density at radius 2 is 0.889 bits per heavy atom. The smallest absolute Gasteiger partial charge is 0.0644 e. The van der Waals surface area contributed by atoms with E-state index in [0.29, 0.717) is 0 Å². The summed E-state index contributed by atoms with van der Waals surface area (Å²) < 4.78 is 0. The van der Waals surface area contributed by atoms with Gasteiger partial charge in [-0.25, -0.2) is 0 Å². The second-order valence-electron chi connectivity index (χ2n) is 3.69. The zero-order chi connectivity index (χ0) is 12.2. The Balaban J connectivity index is 2.18. The molecule has 4 heteroatoms. The van der Waals surface area contributed by atoms with E-state index in [4.69, 9.17) is 0 Å². The minimum absolute atomic E-state index is 1.31. The second-order valence-corrected chi connectivity index (χ2v) is 9.38. The number of hydrogen-bond donors (Lipinski definition) is 0. The molecule has 1 aromatic heterocycles. The third-order valence-electron chi connectivity index (χ3n) is 2.54. The Labute approximate surface area is 120 Å². The van der Waals surface area contributed by atoms with Crippen LogP contribution >= 0.6 is 39.4 Å². The summed E-state index contributed by atoms with van der Waals surface area (Å²) in [6.45, 7) is 0. The van der Waals surface area contributed by atoms with Gasteiger partial charge in [-0.15, -0.1) is 0 Å². The molecule has 90 valence electrons. The van der Waals surface area contributed by atoms with Gasteiger partial charge in [0, 0.05) is 0 Å². The fourth-order valence-corrected chi connectivity index (χ4v) is 8.20. The van der Waals surface area contributed by atoms with Gasteiger partial charge in [-0.1, -0.05) is 81.3 Å². The van der Waals surface area contributed by atoms with Crippen molar-refractivity contribution in [2.45, 2.75) is 0 Å². The first-order chi connectivity index (χ1) is 8.95. The van der Waals surface area contributed by atoms with Gasteiger partial charge in [0.15, 0.2) is 0 Å². The van der Waals surface area contributed by atoms with Crippen molar-refractivity contribution < 1.29 is 0 Å². The van der Waals surface area contributed by atoms with E-state index in [0.717, 1.165) is 0 Å². The van der Waals surface area contributed by atoms with Crippen molar-refractivity contribution in [2.24, 2.45) is 0 Å². The predicted octanol–water partition coefficient (Wildman–Crippen LogP) is 6.39. The fraction of sp³-hybridized carbons (Fsp3) is 0. The van der Waals surface area contributed by atoms with Crippen molar-refractivity contribution >= 4 is 39.4 Å². The quantitative estimate of drug-likeness (QED) is 0.481. The molecule has 1 heterocycles. The zero-order valence-electron chi connectivity index (χ0n) is 9.41. The average Bonchev–Trinajstić information content (AvgIpc) is 2.49. The number of benzene rings is 2. The molecule has 0 aliphatic carbocycles. The van der Waals surface area contributed by atoms with Crippen molar-refractivity contribution in [1.82, 2.24) is 0 Å². The summed E-state index contributed by atoms with van der Waals surface area (Å²) in [5.41, 5.74) is 2.61. The van der Waals surface area contributed by atoms with Gasteiger partial charge in [-0.3, -0.25) is 0 Å². The largest absolute Gasteiger partial charge is 0.0669 e. The van der Waals surface area contributed by atoms with E-state index < -0.39 is 0 Å². The molecule has 18 heavy (non-hydrogen) atoms. The molecule has 0 bridgehead atoms. The maximum Gasteiger partial charge on any atom is 0.0644 e. The van der Waals surface area contributed by atoms with E-state index >= 15 is 0 Å². The van der Waals surface area contributed by atoms with Crippen LogP contribution in [0.25, 0.3) is 20.9 Å². The van der Waals surface area contributed by atoms with Crippen molar-refractivity contribution in [3.63, 3.8) is 0 Å². The van der Waals surface area contributed by atoms with Crippen molar-refractivity contribution in [2.75, 3.05) is 0 Å². The molecule has 0 fully saturated rings. The Hall–Kier alpha value is -0.940. The normalized spacial score (nSPS) is 10.2. The molecular weight excluding hydrogens is 296 g/mol. The average molecular weight is 307 g/mol.